The molecule has 7 nitrogen and oxygen atoms in total. The molecule has 3 rings (SSSR count). The topological polar surface area (TPSA) is 84.9 Å². The van der Waals surface area contributed by atoms with E-state index in [9.17, 15) is 13.2 Å². The largest absolute Gasteiger partial charge is 0.494 e. The van der Waals surface area contributed by atoms with Gasteiger partial charge in [-0.05, 0) is 44.2 Å². The minimum Gasteiger partial charge on any atom is -0.494 e. The molecule has 1 heterocycles. The zero-order chi connectivity index (χ0) is 22.1. The van der Waals surface area contributed by atoms with Crippen molar-refractivity contribution in [3.63, 3.8) is 0 Å². The number of hydrogen-bond acceptors (Lipinski definition) is 5. The first-order valence-corrected chi connectivity index (χ1v) is 11.4. The van der Waals surface area contributed by atoms with E-state index in [0.717, 1.165) is 27.6 Å². The molecule has 0 aromatic heterocycles. The molecule has 0 bridgehead atoms. The third-order valence-electron chi connectivity index (χ3n) is 4.77. The lowest BCUT2D eigenvalue weighted by Gasteiger charge is -2.15. The summed E-state index contributed by atoms with van der Waals surface area (Å²) >= 11 is 6.06. The lowest BCUT2D eigenvalue weighted by Crippen LogP contribution is -2.25. The number of carbonyl (C=O) groups is 1. The first kappa shape index (κ1) is 22.4. The Morgan fingerprint density at radius 3 is 2.70 bits per heavy atom. The van der Waals surface area contributed by atoms with E-state index in [0.29, 0.717) is 12.4 Å². The Morgan fingerprint density at radius 2 is 2.03 bits per heavy atom. The van der Waals surface area contributed by atoms with E-state index < -0.39 is 15.9 Å². The van der Waals surface area contributed by atoms with Gasteiger partial charge in [0.05, 0.1) is 11.6 Å². The highest BCUT2D eigenvalue weighted by Crippen LogP contribution is 2.35. The summed E-state index contributed by atoms with van der Waals surface area (Å²) in [7, 11) is -0.958. The molecule has 0 aliphatic carbocycles. The van der Waals surface area contributed by atoms with Crippen molar-refractivity contribution in [2.45, 2.75) is 37.8 Å². The van der Waals surface area contributed by atoms with Gasteiger partial charge >= 0.3 is 0 Å². The maximum absolute atomic E-state index is 12.7. The van der Waals surface area contributed by atoms with E-state index in [1.54, 1.807) is 0 Å². The number of carbonyl (C=O) groups excluding carboxylic acids is 1. The quantitative estimate of drug-likeness (QED) is 0.697. The zero-order valence-electron chi connectivity index (χ0n) is 17.4. The highest BCUT2D eigenvalue weighted by atomic mass is 35.5. The minimum absolute atomic E-state index is 0.0590. The fourth-order valence-corrected chi connectivity index (χ4v) is 4.62. The van der Waals surface area contributed by atoms with E-state index in [1.807, 2.05) is 26.0 Å². The maximum Gasteiger partial charge on any atom is 0.251 e. The van der Waals surface area contributed by atoms with Crippen LogP contribution in [0.2, 0.25) is 5.02 Å². The van der Waals surface area contributed by atoms with Crippen molar-refractivity contribution in [3.8, 4) is 11.5 Å². The number of rotatable bonds is 7. The lowest BCUT2D eigenvalue weighted by molar-refractivity contribution is 0.0950. The van der Waals surface area contributed by atoms with Crippen LogP contribution < -0.4 is 14.8 Å². The van der Waals surface area contributed by atoms with Crippen LogP contribution in [0.25, 0.3) is 0 Å². The molecule has 2 aromatic carbocycles. The van der Waals surface area contributed by atoms with Crippen LogP contribution in [0.3, 0.4) is 0 Å². The average Bonchev–Trinajstić information content (AvgIpc) is 3.05. The fraction of sp³-hybridized carbons (Fsp3) is 0.381. The van der Waals surface area contributed by atoms with Gasteiger partial charge in [-0.15, -0.1) is 0 Å². The van der Waals surface area contributed by atoms with Gasteiger partial charge in [-0.25, -0.2) is 12.7 Å². The normalized spacial score (nSPS) is 15.6. The second-order valence-electron chi connectivity index (χ2n) is 7.25. The molecule has 9 heteroatoms. The van der Waals surface area contributed by atoms with Crippen LogP contribution in [0, 0.1) is 0 Å². The lowest BCUT2D eigenvalue weighted by atomic mass is 10.1. The first-order valence-electron chi connectivity index (χ1n) is 9.59. The zero-order valence-corrected chi connectivity index (χ0v) is 18.9. The number of nitrogens with one attached hydrogen (secondary N) is 1. The summed E-state index contributed by atoms with van der Waals surface area (Å²) in [6, 6.07) is 8.01. The average molecular weight is 453 g/mol. The van der Waals surface area contributed by atoms with Crippen molar-refractivity contribution >= 4 is 27.5 Å². The van der Waals surface area contributed by atoms with Gasteiger partial charge in [0.15, 0.2) is 0 Å². The summed E-state index contributed by atoms with van der Waals surface area (Å²) in [5.74, 6) is 1.07. The molecule has 1 unspecified atom stereocenters. The van der Waals surface area contributed by atoms with Gasteiger partial charge in [-0.3, -0.25) is 4.79 Å². The number of sulfonamides is 1. The molecule has 1 N–H and O–H groups in total. The van der Waals surface area contributed by atoms with Gasteiger partial charge in [0.25, 0.3) is 5.91 Å². The standard InChI is InChI=1S/C21H25ClN2O5S/c1-5-28-18-9-15-8-13(2)29-19(15)10-16(18)12-23-21(25)14-6-7-17(22)20(11-14)30(26,27)24(3)4/h6-7,9-11,13H,5,8,12H2,1-4H3,(H,23,25). The van der Waals surface area contributed by atoms with Crippen LogP contribution in [0.5, 0.6) is 11.5 Å². The number of hydrogen-bond donors (Lipinski definition) is 1. The van der Waals surface area contributed by atoms with Gasteiger partial charge in [0.1, 0.15) is 22.5 Å². The number of amides is 1. The summed E-state index contributed by atoms with van der Waals surface area (Å²) in [4.78, 5) is 12.6. The number of benzene rings is 2. The number of ether oxygens (including phenoxy) is 2. The summed E-state index contributed by atoms with van der Waals surface area (Å²) in [5.41, 5.74) is 2.06. The highest BCUT2D eigenvalue weighted by Gasteiger charge is 2.24. The van der Waals surface area contributed by atoms with Crippen LogP contribution in [0.15, 0.2) is 35.2 Å². The van der Waals surface area contributed by atoms with E-state index >= 15 is 0 Å². The van der Waals surface area contributed by atoms with Crippen LogP contribution in [0.1, 0.15) is 35.3 Å². The monoisotopic (exact) mass is 452 g/mol. The third kappa shape index (κ3) is 4.55. The van der Waals surface area contributed by atoms with Crippen molar-refractivity contribution in [3.05, 3.63) is 52.0 Å². The molecule has 1 atom stereocenters. The minimum atomic E-state index is -3.77. The van der Waals surface area contributed by atoms with Crippen LogP contribution in [0.4, 0.5) is 0 Å². The predicted molar refractivity (Wildman–Crippen MR) is 115 cm³/mol. The Kier molecular flexibility index (Phi) is 6.59. The molecule has 0 saturated heterocycles. The second-order valence-corrected chi connectivity index (χ2v) is 9.78. The van der Waals surface area contributed by atoms with Crippen LogP contribution >= 0.6 is 11.6 Å². The molecular formula is C21H25ClN2O5S. The van der Waals surface area contributed by atoms with Crippen molar-refractivity contribution in [1.29, 1.82) is 0 Å². The molecule has 0 radical (unpaired) electrons. The first-order chi connectivity index (χ1) is 14.1. The van der Waals surface area contributed by atoms with Crippen molar-refractivity contribution < 1.29 is 22.7 Å². The molecule has 1 aliphatic heterocycles. The maximum atomic E-state index is 12.7. The summed E-state index contributed by atoms with van der Waals surface area (Å²) < 4.78 is 37.5. The molecule has 162 valence electrons. The number of halogens is 1. The van der Waals surface area contributed by atoms with E-state index in [1.165, 1.54) is 32.3 Å². The van der Waals surface area contributed by atoms with E-state index in [-0.39, 0.29) is 28.1 Å². The molecule has 0 saturated carbocycles. The Balaban J connectivity index is 1.82. The van der Waals surface area contributed by atoms with Crippen molar-refractivity contribution in [2.24, 2.45) is 0 Å². The molecule has 1 aliphatic rings. The summed E-state index contributed by atoms with van der Waals surface area (Å²) in [5, 5.41) is 2.88. The molecule has 2 aromatic rings. The predicted octanol–water partition coefficient (Wildman–Crippen LogP) is 3.24. The van der Waals surface area contributed by atoms with E-state index in [4.69, 9.17) is 21.1 Å². The summed E-state index contributed by atoms with van der Waals surface area (Å²) in [6.45, 7) is 4.60. The van der Waals surface area contributed by atoms with Crippen molar-refractivity contribution in [2.75, 3.05) is 20.7 Å². The Hall–Kier alpha value is -2.29. The Morgan fingerprint density at radius 1 is 1.30 bits per heavy atom. The van der Waals surface area contributed by atoms with Gasteiger partial charge < -0.3 is 14.8 Å². The van der Waals surface area contributed by atoms with Gasteiger partial charge in [-0.1, -0.05) is 11.6 Å². The molecule has 30 heavy (non-hydrogen) atoms. The fourth-order valence-electron chi connectivity index (χ4n) is 3.23. The second kappa shape index (κ2) is 8.83. The molecule has 1 amide bonds. The van der Waals surface area contributed by atoms with E-state index in [2.05, 4.69) is 5.32 Å². The number of fused-ring (bicyclic) bond motifs is 1. The van der Waals surface area contributed by atoms with Crippen molar-refractivity contribution in [1.82, 2.24) is 9.62 Å². The Bertz CT molecular complexity index is 1070. The SMILES string of the molecule is CCOc1cc2c(cc1CNC(=O)c1ccc(Cl)c(S(=O)(=O)N(C)C)c1)OC(C)C2. The molecule has 0 spiro atoms. The molecular weight excluding hydrogens is 428 g/mol. The smallest absolute Gasteiger partial charge is 0.251 e. The van der Waals surface area contributed by atoms with Gasteiger partial charge in [-0.2, -0.15) is 0 Å². The molecule has 0 fully saturated rings. The third-order valence-corrected chi connectivity index (χ3v) is 7.07. The van der Waals surface area contributed by atoms with Gasteiger partial charge in [0.2, 0.25) is 10.0 Å². The van der Waals surface area contributed by atoms with Gasteiger partial charge in [0, 0.05) is 43.8 Å². The number of nitrogens with zero attached hydrogens (tertiary/aromatic N) is 1. The highest BCUT2D eigenvalue weighted by molar-refractivity contribution is 7.89. The van der Waals surface area contributed by atoms with Crippen LogP contribution in [-0.2, 0) is 23.0 Å². The Labute approximate surface area is 182 Å². The summed E-state index contributed by atoms with van der Waals surface area (Å²) in [6.07, 6.45) is 0.918. The van der Waals surface area contributed by atoms with Crippen LogP contribution in [-0.4, -0.2) is 45.4 Å².